The molecule has 1 aliphatic carbocycles. The summed E-state index contributed by atoms with van der Waals surface area (Å²) >= 11 is 0. The molecule has 0 atom stereocenters. The molecule has 1 heterocycles. The van der Waals surface area contributed by atoms with E-state index in [2.05, 4.69) is 20.1 Å². The van der Waals surface area contributed by atoms with Crippen LogP contribution in [0.3, 0.4) is 0 Å². The monoisotopic (exact) mass is 184 g/mol. The Bertz CT molecular complexity index is 215. The molecule has 1 aromatic rings. The summed E-state index contributed by atoms with van der Waals surface area (Å²) in [5, 5.41) is 9.26. The molecule has 0 spiro atoms. The number of carbonyl (C=O) groups excluding carboxylic acids is 1. The van der Waals surface area contributed by atoms with Crippen molar-refractivity contribution >= 4 is 6.09 Å². The van der Waals surface area contributed by atoms with Crippen molar-refractivity contribution in [1.29, 1.82) is 0 Å². The highest BCUT2D eigenvalue weighted by Gasteiger charge is 2.19. The maximum atomic E-state index is 10.0. The Kier molecular flexibility index (Phi) is 3.74. The Morgan fingerprint density at radius 1 is 1.62 bits per heavy atom. The number of aromatic amines is 1. The summed E-state index contributed by atoms with van der Waals surface area (Å²) in [5.74, 6) is 0. The van der Waals surface area contributed by atoms with Gasteiger partial charge in [0.25, 0.3) is 0 Å². The first-order valence-corrected chi connectivity index (χ1v) is 4.05. The molecule has 2 rings (SSSR count). The van der Waals surface area contributed by atoms with Gasteiger partial charge in [-0.3, -0.25) is 5.10 Å². The van der Waals surface area contributed by atoms with Crippen LogP contribution < -0.4 is 5.73 Å². The molecule has 6 heteroatoms. The number of nitrogens with zero attached hydrogens (tertiary/aromatic N) is 2. The normalized spacial score (nSPS) is 15.1. The zero-order valence-electron chi connectivity index (χ0n) is 7.14. The van der Waals surface area contributed by atoms with Crippen LogP contribution in [0.2, 0.25) is 0 Å². The molecule has 13 heavy (non-hydrogen) atoms. The molecule has 72 valence electrons. The van der Waals surface area contributed by atoms with Crippen molar-refractivity contribution in [3.05, 3.63) is 12.4 Å². The first kappa shape index (κ1) is 9.50. The summed E-state index contributed by atoms with van der Waals surface area (Å²) < 4.78 is 4.62. The van der Waals surface area contributed by atoms with Crippen molar-refractivity contribution < 1.29 is 9.53 Å². The van der Waals surface area contributed by atoms with Gasteiger partial charge in [0.1, 0.15) is 6.10 Å². The Labute approximate surface area is 75.5 Å². The quantitative estimate of drug-likeness (QED) is 0.662. The zero-order chi connectivity index (χ0) is 9.52. The van der Waals surface area contributed by atoms with Crippen LogP contribution in [0.25, 0.3) is 0 Å². The van der Waals surface area contributed by atoms with E-state index < -0.39 is 6.09 Å². The summed E-state index contributed by atoms with van der Waals surface area (Å²) in [7, 11) is 0. The summed E-state index contributed by atoms with van der Waals surface area (Å²) in [5.41, 5.74) is 4.74. The van der Waals surface area contributed by atoms with E-state index in [-0.39, 0.29) is 6.10 Å². The first-order valence-electron chi connectivity index (χ1n) is 4.05. The number of amides is 1. The highest BCUT2D eigenvalue weighted by Crippen LogP contribution is 2.21. The summed E-state index contributed by atoms with van der Waals surface area (Å²) in [4.78, 5) is 10.0. The second-order valence-electron chi connectivity index (χ2n) is 2.65. The van der Waals surface area contributed by atoms with E-state index in [9.17, 15) is 4.79 Å². The van der Waals surface area contributed by atoms with Crippen LogP contribution in [0, 0.1) is 0 Å². The van der Waals surface area contributed by atoms with E-state index in [0.29, 0.717) is 0 Å². The lowest BCUT2D eigenvalue weighted by Gasteiger charge is -2.23. The molecule has 3 N–H and O–H groups in total. The molecular weight excluding hydrogens is 172 g/mol. The molecule has 0 bridgehead atoms. The Hall–Kier alpha value is -1.59. The van der Waals surface area contributed by atoms with Crippen molar-refractivity contribution in [2.24, 2.45) is 5.73 Å². The smallest absolute Gasteiger partial charge is 0.404 e. The number of nitrogens with one attached hydrogen (secondary N) is 1. The Morgan fingerprint density at radius 2 is 2.38 bits per heavy atom. The first-order chi connectivity index (χ1) is 6.29. The largest absolute Gasteiger partial charge is 0.446 e. The minimum absolute atomic E-state index is 0.132. The lowest BCUT2D eigenvalue weighted by Crippen LogP contribution is -2.27. The van der Waals surface area contributed by atoms with Crippen LogP contribution in [0.4, 0.5) is 4.79 Å². The summed E-state index contributed by atoms with van der Waals surface area (Å²) in [6.07, 6.45) is 5.87. The van der Waals surface area contributed by atoms with Gasteiger partial charge >= 0.3 is 6.09 Å². The van der Waals surface area contributed by atoms with E-state index >= 15 is 0 Å². The van der Waals surface area contributed by atoms with E-state index in [0.717, 1.165) is 19.3 Å². The van der Waals surface area contributed by atoms with Crippen LogP contribution in [0.5, 0.6) is 0 Å². The van der Waals surface area contributed by atoms with Crippen molar-refractivity contribution in [3.8, 4) is 0 Å². The lowest BCUT2D eigenvalue weighted by molar-refractivity contribution is 0.0591. The molecule has 0 radical (unpaired) electrons. The molecule has 0 aliphatic heterocycles. The second kappa shape index (κ2) is 5.13. The molecule has 1 amide bonds. The number of ether oxygens (including phenoxy) is 1. The van der Waals surface area contributed by atoms with Crippen LogP contribution in [0.15, 0.2) is 12.4 Å². The van der Waals surface area contributed by atoms with Gasteiger partial charge < -0.3 is 10.5 Å². The molecule has 0 unspecified atom stereocenters. The molecule has 0 saturated heterocycles. The van der Waals surface area contributed by atoms with Crippen LogP contribution in [-0.2, 0) is 4.74 Å². The Balaban J connectivity index is 0.000000145. The van der Waals surface area contributed by atoms with Gasteiger partial charge in [0.15, 0.2) is 0 Å². The van der Waals surface area contributed by atoms with Gasteiger partial charge in [-0.2, -0.15) is 0 Å². The predicted molar refractivity (Wildman–Crippen MR) is 44.7 cm³/mol. The van der Waals surface area contributed by atoms with Gasteiger partial charge in [-0.05, 0) is 19.3 Å². The van der Waals surface area contributed by atoms with Gasteiger partial charge in [0.2, 0.25) is 0 Å². The number of carbonyl (C=O) groups is 1. The van der Waals surface area contributed by atoms with Crippen molar-refractivity contribution in [3.63, 3.8) is 0 Å². The molecule has 6 nitrogen and oxygen atoms in total. The molecule has 1 aromatic heterocycles. The average molecular weight is 184 g/mol. The number of aromatic nitrogens is 3. The fourth-order valence-corrected chi connectivity index (χ4v) is 0.820. The van der Waals surface area contributed by atoms with Gasteiger partial charge in [-0.25, -0.2) is 4.79 Å². The third-order valence-electron chi connectivity index (χ3n) is 1.67. The number of nitrogens with two attached hydrogens (primary N) is 1. The summed E-state index contributed by atoms with van der Waals surface area (Å²) in [6.45, 7) is 0. The number of hydrogen-bond acceptors (Lipinski definition) is 4. The topological polar surface area (TPSA) is 93.9 Å². The zero-order valence-corrected chi connectivity index (χ0v) is 7.14. The van der Waals surface area contributed by atoms with Gasteiger partial charge in [-0.1, -0.05) is 5.21 Å². The standard InChI is InChI=1S/C5H9NO2.C2H3N3/c6-5(7)8-4-2-1-3-4;1-2-4-5-3-1/h4H,1-3H2,(H2,6,7);1-2H,(H,3,4,5). The predicted octanol–water partition coefficient (Wildman–Crippen LogP) is 0.439. The van der Waals surface area contributed by atoms with E-state index in [4.69, 9.17) is 5.73 Å². The van der Waals surface area contributed by atoms with Crippen molar-refractivity contribution in [2.75, 3.05) is 0 Å². The fourth-order valence-electron chi connectivity index (χ4n) is 0.820. The number of hydrogen-bond donors (Lipinski definition) is 2. The number of rotatable bonds is 1. The molecular formula is C7H12N4O2. The minimum Gasteiger partial charge on any atom is -0.446 e. The fraction of sp³-hybridized carbons (Fsp3) is 0.571. The van der Waals surface area contributed by atoms with Crippen molar-refractivity contribution in [1.82, 2.24) is 15.4 Å². The van der Waals surface area contributed by atoms with Gasteiger partial charge in [0.05, 0.1) is 6.20 Å². The molecule has 0 aromatic carbocycles. The maximum absolute atomic E-state index is 10.0. The van der Waals surface area contributed by atoms with Crippen LogP contribution in [-0.4, -0.2) is 27.6 Å². The third-order valence-corrected chi connectivity index (χ3v) is 1.67. The van der Waals surface area contributed by atoms with E-state index in [1.807, 2.05) is 0 Å². The van der Waals surface area contributed by atoms with E-state index in [1.54, 1.807) is 12.4 Å². The van der Waals surface area contributed by atoms with Crippen LogP contribution >= 0.6 is 0 Å². The van der Waals surface area contributed by atoms with Gasteiger partial charge in [-0.15, -0.1) is 5.10 Å². The lowest BCUT2D eigenvalue weighted by atomic mass is 9.96. The Morgan fingerprint density at radius 3 is 2.54 bits per heavy atom. The number of H-pyrrole nitrogens is 1. The summed E-state index contributed by atoms with van der Waals surface area (Å²) in [6, 6.07) is 0. The minimum atomic E-state index is -0.644. The highest BCUT2D eigenvalue weighted by atomic mass is 16.6. The third kappa shape index (κ3) is 4.09. The molecule has 1 aliphatic rings. The SMILES string of the molecule is NC(=O)OC1CCC1.c1c[nH]nn1. The second-order valence-corrected chi connectivity index (χ2v) is 2.65. The maximum Gasteiger partial charge on any atom is 0.404 e. The van der Waals surface area contributed by atoms with Crippen molar-refractivity contribution in [2.45, 2.75) is 25.4 Å². The van der Waals surface area contributed by atoms with Gasteiger partial charge in [0, 0.05) is 6.20 Å². The van der Waals surface area contributed by atoms with Crippen LogP contribution in [0.1, 0.15) is 19.3 Å². The molecule has 1 saturated carbocycles. The molecule has 1 fully saturated rings. The number of primary amides is 1. The highest BCUT2D eigenvalue weighted by molar-refractivity contribution is 5.64. The van der Waals surface area contributed by atoms with E-state index in [1.165, 1.54) is 0 Å². The average Bonchev–Trinajstić information content (AvgIpc) is 2.53.